The van der Waals surface area contributed by atoms with Crippen molar-refractivity contribution in [3.05, 3.63) is 46.9 Å². The third kappa shape index (κ3) is 6.90. The Labute approximate surface area is 182 Å². The standard InChI is InChI=1S/C20H25ClFN3O3.C2H6/c1-20(2,3)28-19(26)24-9-6-16(7-10-24)25-11-8-18(23-25)27-13-14-4-5-15(21)12-17(14)22;1-2/h4-5,8,11-12,16H,6-7,9-10,13H2,1-3H3;1-2H3. The van der Waals surface area contributed by atoms with E-state index in [-0.39, 0.29) is 18.7 Å². The van der Waals surface area contributed by atoms with Gasteiger partial charge in [-0.2, -0.15) is 0 Å². The van der Waals surface area contributed by atoms with E-state index in [4.69, 9.17) is 21.1 Å². The van der Waals surface area contributed by atoms with Crippen molar-refractivity contribution >= 4 is 17.7 Å². The number of hydrogen-bond donors (Lipinski definition) is 0. The molecule has 1 aliphatic rings. The maximum Gasteiger partial charge on any atom is 0.410 e. The van der Waals surface area contributed by atoms with Crippen molar-refractivity contribution < 1.29 is 18.7 Å². The Morgan fingerprint density at radius 3 is 2.50 bits per heavy atom. The molecular formula is C22H31ClFN3O3. The van der Waals surface area contributed by atoms with Crippen LogP contribution in [0.25, 0.3) is 0 Å². The smallest absolute Gasteiger partial charge is 0.410 e. The summed E-state index contributed by atoms with van der Waals surface area (Å²) in [4.78, 5) is 13.9. The lowest BCUT2D eigenvalue weighted by Gasteiger charge is -2.33. The van der Waals surface area contributed by atoms with E-state index in [0.717, 1.165) is 12.8 Å². The molecular weight excluding hydrogens is 409 g/mol. The Morgan fingerprint density at radius 2 is 1.90 bits per heavy atom. The van der Waals surface area contributed by atoms with E-state index in [9.17, 15) is 9.18 Å². The van der Waals surface area contributed by atoms with Gasteiger partial charge in [0.15, 0.2) is 0 Å². The van der Waals surface area contributed by atoms with Gasteiger partial charge in [-0.15, -0.1) is 5.10 Å². The highest BCUT2D eigenvalue weighted by atomic mass is 35.5. The van der Waals surface area contributed by atoms with E-state index in [0.29, 0.717) is 29.6 Å². The number of piperidine rings is 1. The molecule has 3 rings (SSSR count). The minimum Gasteiger partial charge on any atom is -0.472 e. The Bertz CT molecular complexity index is 827. The molecule has 0 radical (unpaired) electrons. The number of benzene rings is 1. The molecule has 30 heavy (non-hydrogen) atoms. The van der Waals surface area contributed by atoms with Crippen LogP contribution in [0.4, 0.5) is 9.18 Å². The second kappa shape index (κ2) is 10.7. The van der Waals surface area contributed by atoms with Crippen LogP contribution in [-0.4, -0.2) is 39.5 Å². The zero-order valence-electron chi connectivity index (χ0n) is 18.3. The lowest BCUT2D eigenvalue weighted by molar-refractivity contribution is 0.0184. The van der Waals surface area contributed by atoms with Gasteiger partial charge in [-0.3, -0.25) is 4.68 Å². The molecule has 6 nitrogen and oxygen atoms in total. The summed E-state index contributed by atoms with van der Waals surface area (Å²) in [6.45, 7) is 10.9. The summed E-state index contributed by atoms with van der Waals surface area (Å²) in [5.41, 5.74) is -0.0734. The van der Waals surface area contributed by atoms with E-state index in [1.807, 2.05) is 45.5 Å². The molecule has 1 aromatic carbocycles. The summed E-state index contributed by atoms with van der Waals surface area (Å²) >= 11 is 5.76. The van der Waals surface area contributed by atoms with Gasteiger partial charge >= 0.3 is 6.09 Å². The molecule has 0 unspecified atom stereocenters. The van der Waals surface area contributed by atoms with E-state index >= 15 is 0 Å². The molecule has 2 aromatic rings. The SMILES string of the molecule is CC.CC(C)(C)OC(=O)N1CCC(n2ccc(OCc3ccc(Cl)cc3F)n2)CC1. The molecule has 1 aliphatic heterocycles. The summed E-state index contributed by atoms with van der Waals surface area (Å²) in [6.07, 6.45) is 3.14. The third-order valence-corrected chi connectivity index (χ3v) is 4.70. The van der Waals surface area contributed by atoms with Crippen molar-refractivity contribution in [3.8, 4) is 5.88 Å². The van der Waals surface area contributed by atoms with E-state index < -0.39 is 11.4 Å². The minimum atomic E-state index is -0.494. The van der Waals surface area contributed by atoms with Crippen molar-refractivity contribution in [2.24, 2.45) is 0 Å². The maximum atomic E-state index is 13.8. The van der Waals surface area contributed by atoms with Crippen LogP contribution in [0, 0.1) is 5.82 Å². The van der Waals surface area contributed by atoms with Gasteiger partial charge in [-0.25, -0.2) is 9.18 Å². The van der Waals surface area contributed by atoms with Gasteiger partial charge in [-0.05, 0) is 45.7 Å². The van der Waals surface area contributed by atoms with E-state index in [1.165, 1.54) is 6.07 Å². The van der Waals surface area contributed by atoms with Gasteiger partial charge < -0.3 is 14.4 Å². The van der Waals surface area contributed by atoms with Crippen LogP contribution in [0.3, 0.4) is 0 Å². The molecule has 0 atom stereocenters. The molecule has 1 saturated heterocycles. The first-order valence-electron chi connectivity index (χ1n) is 10.3. The average molecular weight is 440 g/mol. The van der Waals surface area contributed by atoms with Crippen LogP contribution < -0.4 is 4.74 Å². The zero-order valence-corrected chi connectivity index (χ0v) is 19.1. The largest absolute Gasteiger partial charge is 0.472 e. The van der Waals surface area contributed by atoms with Gasteiger partial charge in [0.25, 0.3) is 0 Å². The van der Waals surface area contributed by atoms with Gasteiger partial charge in [0.1, 0.15) is 18.0 Å². The highest BCUT2D eigenvalue weighted by molar-refractivity contribution is 6.30. The molecule has 2 heterocycles. The number of hydrogen-bond acceptors (Lipinski definition) is 4. The Hall–Kier alpha value is -2.28. The molecule has 1 aromatic heterocycles. The highest BCUT2D eigenvalue weighted by Crippen LogP contribution is 2.25. The van der Waals surface area contributed by atoms with Crippen LogP contribution in [0.15, 0.2) is 30.5 Å². The van der Waals surface area contributed by atoms with Crippen LogP contribution in [-0.2, 0) is 11.3 Å². The third-order valence-electron chi connectivity index (χ3n) is 4.46. The molecule has 0 aliphatic carbocycles. The zero-order chi connectivity index (χ0) is 22.3. The predicted octanol–water partition coefficient (Wildman–Crippen LogP) is 5.85. The lowest BCUT2D eigenvalue weighted by atomic mass is 10.1. The Morgan fingerprint density at radius 1 is 1.23 bits per heavy atom. The highest BCUT2D eigenvalue weighted by Gasteiger charge is 2.27. The van der Waals surface area contributed by atoms with E-state index in [1.54, 1.807) is 23.1 Å². The van der Waals surface area contributed by atoms with Gasteiger partial charge in [0, 0.05) is 35.9 Å². The summed E-state index contributed by atoms with van der Waals surface area (Å²) in [6, 6.07) is 6.43. The number of ether oxygens (including phenoxy) is 2. The predicted molar refractivity (Wildman–Crippen MR) is 115 cm³/mol. The monoisotopic (exact) mass is 439 g/mol. The number of amides is 1. The normalized spacial score (nSPS) is 14.7. The minimum absolute atomic E-state index is 0.0805. The molecule has 166 valence electrons. The quantitative estimate of drug-likeness (QED) is 0.599. The summed E-state index contributed by atoms with van der Waals surface area (Å²) in [5, 5.41) is 4.79. The number of aromatic nitrogens is 2. The van der Waals surface area contributed by atoms with Crippen LogP contribution in [0.1, 0.15) is 59.1 Å². The summed E-state index contributed by atoms with van der Waals surface area (Å²) in [5.74, 6) is 0.0327. The van der Waals surface area contributed by atoms with Crippen molar-refractivity contribution in [1.82, 2.24) is 14.7 Å². The molecule has 0 bridgehead atoms. The summed E-state index contributed by atoms with van der Waals surface area (Å²) in [7, 11) is 0. The number of carbonyl (C=O) groups is 1. The maximum absolute atomic E-state index is 13.8. The molecule has 0 spiro atoms. The number of carbonyl (C=O) groups excluding carboxylic acids is 1. The first-order chi connectivity index (χ1) is 14.2. The van der Waals surface area contributed by atoms with Crippen molar-refractivity contribution in [3.63, 3.8) is 0 Å². The van der Waals surface area contributed by atoms with Crippen LogP contribution in [0.5, 0.6) is 5.88 Å². The van der Waals surface area contributed by atoms with Crippen molar-refractivity contribution in [2.45, 2.75) is 65.7 Å². The van der Waals surface area contributed by atoms with Crippen LogP contribution >= 0.6 is 11.6 Å². The van der Waals surface area contributed by atoms with Gasteiger partial charge in [0.05, 0.1) is 6.04 Å². The molecule has 8 heteroatoms. The number of nitrogens with zero attached hydrogens (tertiary/aromatic N) is 3. The Balaban J connectivity index is 0.00000155. The fraction of sp³-hybridized carbons (Fsp3) is 0.545. The first-order valence-corrected chi connectivity index (χ1v) is 10.7. The van der Waals surface area contributed by atoms with E-state index in [2.05, 4.69) is 5.10 Å². The topological polar surface area (TPSA) is 56.6 Å². The molecule has 0 N–H and O–H groups in total. The van der Waals surface area contributed by atoms with Gasteiger partial charge in [-0.1, -0.05) is 31.5 Å². The number of rotatable bonds is 4. The van der Waals surface area contributed by atoms with Crippen molar-refractivity contribution in [2.75, 3.05) is 13.1 Å². The average Bonchev–Trinajstić information content (AvgIpc) is 3.17. The molecule has 1 fully saturated rings. The van der Waals surface area contributed by atoms with Crippen LogP contribution in [0.2, 0.25) is 5.02 Å². The number of halogens is 2. The fourth-order valence-corrected chi connectivity index (χ4v) is 3.19. The second-order valence-electron chi connectivity index (χ2n) is 7.86. The fourth-order valence-electron chi connectivity index (χ4n) is 3.03. The van der Waals surface area contributed by atoms with Crippen molar-refractivity contribution in [1.29, 1.82) is 0 Å². The first kappa shape index (κ1) is 24.0. The van der Waals surface area contributed by atoms with Gasteiger partial charge in [0.2, 0.25) is 5.88 Å². The molecule has 1 amide bonds. The second-order valence-corrected chi connectivity index (χ2v) is 8.29. The number of likely N-dealkylation sites (tertiary alicyclic amines) is 1. The lowest BCUT2D eigenvalue weighted by Crippen LogP contribution is -2.42. The summed E-state index contributed by atoms with van der Waals surface area (Å²) < 4.78 is 26.7. The molecule has 0 saturated carbocycles. The Kier molecular flexibility index (Phi) is 8.53.